The molecule has 0 saturated carbocycles. The van der Waals surface area contributed by atoms with Crippen molar-refractivity contribution >= 4 is 37.5 Å². The summed E-state index contributed by atoms with van der Waals surface area (Å²) in [6.45, 7) is 0. The highest BCUT2D eigenvalue weighted by Gasteiger charge is 2.07. The zero-order valence-electron chi connectivity index (χ0n) is 7.79. The molecule has 0 fully saturated rings. The third-order valence-electron chi connectivity index (χ3n) is 1.95. The van der Waals surface area contributed by atoms with Crippen LogP contribution in [-0.2, 0) is 6.42 Å². The van der Waals surface area contributed by atoms with Crippen molar-refractivity contribution in [2.75, 3.05) is 12.4 Å². The lowest BCUT2D eigenvalue weighted by molar-refractivity contribution is 0.419. The van der Waals surface area contributed by atoms with Crippen molar-refractivity contribution in [1.29, 1.82) is 0 Å². The first-order valence-electron chi connectivity index (χ1n) is 4.33. The zero-order chi connectivity index (χ0) is 9.97. The van der Waals surface area contributed by atoms with E-state index < -0.39 is 0 Å². The van der Waals surface area contributed by atoms with Gasteiger partial charge in [0.15, 0.2) is 0 Å². The number of aryl methyl sites for hydroxylation is 1. The van der Waals surface area contributed by atoms with E-state index in [1.54, 1.807) is 18.4 Å². The van der Waals surface area contributed by atoms with Gasteiger partial charge in [-0.2, -0.15) is 0 Å². The van der Waals surface area contributed by atoms with E-state index in [0.29, 0.717) is 0 Å². The fraction of sp³-hybridized carbons (Fsp3) is 0.300. The van der Waals surface area contributed by atoms with Gasteiger partial charge in [-0.25, -0.2) is 4.98 Å². The number of thiazole rings is 1. The fourth-order valence-electron chi connectivity index (χ4n) is 1.32. The van der Waals surface area contributed by atoms with E-state index in [9.17, 15) is 0 Å². The molecule has 0 N–H and O–H groups in total. The summed E-state index contributed by atoms with van der Waals surface area (Å²) in [4.78, 5) is 4.54. The number of methoxy groups -OCH3 is 1. The van der Waals surface area contributed by atoms with Gasteiger partial charge < -0.3 is 4.74 Å². The number of alkyl halides is 1. The summed E-state index contributed by atoms with van der Waals surface area (Å²) in [5.74, 6) is 0.861. The van der Waals surface area contributed by atoms with Gasteiger partial charge in [0.05, 0.1) is 16.8 Å². The Bertz CT molecular complexity index is 441. The Morgan fingerprint density at radius 3 is 3.07 bits per heavy atom. The summed E-state index contributed by atoms with van der Waals surface area (Å²) in [5, 5.41) is 2.11. The summed E-state index contributed by atoms with van der Waals surface area (Å²) in [5.41, 5.74) is 0.982. The molecule has 0 atom stereocenters. The van der Waals surface area contributed by atoms with E-state index in [-0.39, 0.29) is 0 Å². The van der Waals surface area contributed by atoms with Gasteiger partial charge in [0.2, 0.25) is 0 Å². The predicted octanol–water partition coefficient (Wildman–Crippen LogP) is 3.24. The molecule has 0 aliphatic carbocycles. The number of aromatic nitrogens is 1. The van der Waals surface area contributed by atoms with Crippen LogP contribution in [0.2, 0.25) is 0 Å². The number of halogens is 1. The SMILES string of the molecule is COc1cccc2sc(CCBr)nc12. The molecule has 2 nitrogen and oxygen atoms in total. The normalized spacial score (nSPS) is 10.7. The maximum atomic E-state index is 5.25. The lowest BCUT2D eigenvalue weighted by atomic mass is 10.3. The molecule has 0 spiro atoms. The van der Waals surface area contributed by atoms with Gasteiger partial charge in [0, 0.05) is 11.8 Å². The molecular weight excluding hydrogens is 262 g/mol. The molecule has 0 aliphatic rings. The summed E-state index contributed by atoms with van der Waals surface area (Å²) in [7, 11) is 1.68. The van der Waals surface area contributed by atoms with Crippen molar-refractivity contribution in [3.8, 4) is 5.75 Å². The van der Waals surface area contributed by atoms with Gasteiger partial charge in [-0.05, 0) is 12.1 Å². The minimum absolute atomic E-state index is 0.861. The first kappa shape index (κ1) is 9.93. The molecule has 0 aliphatic heterocycles. The Labute approximate surface area is 95.0 Å². The van der Waals surface area contributed by atoms with Crippen molar-refractivity contribution in [1.82, 2.24) is 4.98 Å². The molecular formula is C10H10BrNOS. The number of hydrogen-bond donors (Lipinski definition) is 0. The summed E-state index contributed by atoms with van der Waals surface area (Å²) >= 11 is 5.14. The zero-order valence-corrected chi connectivity index (χ0v) is 10.2. The standard InChI is InChI=1S/C10H10BrNOS/c1-13-7-3-2-4-8-10(7)12-9(14-8)5-6-11/h2-4H,5-6H2,1H3. The van der Waals surface area contributed by atoms with Gasteiger partial charge in [-0.15, -0.1) is 11.3 Å². The van der Waals surface area contributed by atoms with Gasteiger partial charge in [-0.1, -0.05) is 22.0 Å². The molecule has 1 heterocycles. The molecule has 74 valence electrons. The van der Waals surface area contributed by atoms with Crippen molar-refractivity contribution in [2.45, 2.75) is 6.42 Å². The second-order valence-corrected chi connectivity index (χ2v) is 4.76. The molecule has 14 heavy (non-hydrogen) atoms. The number of rotatable bonds is 3. The summed E-state index contributed by atoms with van der Waals surface area (Å²) in [6, 6.07) is 6.02. The molecule has 1 aromatic carbocycles. The predicted molar refractivity (Wildman–Crippen MR) is 63.7 cm³/mol. The van der Waals surface area contributed by atoms with Crippen LogP contribution in [0.4, 0.5) is 0 Å². The maximum Gasteiger partial charge on any atom is 0.145 e. The highest BCUT2D eigenvalue weighted by atomic mass is 79.9. The van der Waals surface area contributed by atoms with Crippen molar-refractivity contribution in [3.05, 3.63) is 23.2 Å². The van der Waals surface area contributed by atoms with Crippen LogP contribution in [-0.4, -0.2) is 17.4 Å². The van der Waals surface area contributed by atoms with E-state index in [1.165, 1.54) is 4.70 Å². The molecule has 2 aromatic rings. The van der Waals surface area contributed by atoms with Crippen LogP contribution < -0.4 is 4.74 Å². The first-order chi connectivity index (χ1) is 6.85. The minimum Gasteiger partial charge on any atom is -0.494 e. The first-order valence-corrected chi connectivity index (χ1v) is 6.27. The van der Waals surface area contributed by atoms with Crippen LogP contribution in [0.15, 0.2) is 18.2 Å². The summed E-state index contributed by atoms with van der Waals surface area (Å²) < 4.78 is 6.45. The third-order valence-corrected chi connectivity index (χ3v) is 3.43. The smallest absolute Gasteiger partial charge is 0.145 e. The molecule has 0 bridgehead atoms. The van der Waals surface area contributed by atoms with E-state index in [4.69, 9.17) is 4.74 Å². The molecule has 0 saturated heterocycles. The van der Waals surface area contributed by atoms with Crippen LogP contribution in [0.1, 0.15) is 5.01 Å². The third kappa shape index (κ3) is 1.77. The van der Waals surface area contributed by atoms with E-state index in [2.05, 4.69) is 27.0 Å². The highest BCUT2D eigenvalue weighted by Crippen LogP contribution is 2.29. The van der Waals surface area contributed by atoms with E-state index >= 15 is 0 Å². The average Bonchev–Trinajstić information content (AvgIpc) is 2.60. The Kier molecular flexibility index (Phi) is 3.03. The minimum atomic E-state index is 0.861. The quantitative estimate of drug-likeness (QED) is 0.800. The maximum absolute atomic E-state index is 5.25. The largest absolute Gasteiger partial charge is 0.494 e. The number of ether oxygens (including phenoxy) is 1. The number of hydrogen-bond acceptors (Lipinski definition) is 3. The van der Waals surface area contributed by atoms with E-state index in [0.717, 1.165) is 28.0 Å². The van der Waals surface area contributed by atoms with Crippen molar-refractivity contribution in [3.63, 3.8) is 0 Å². The lowest BCUT2D eigenvalue weighted by Crippen LogP contribution is -1.85. The van der Waals surface area contributed by atoms with Gasteiger partial charge in [0.1, 0.15) is 11.3 Å². The van der Waals surface area contributed by atoms with E-state index in [1.807, 2.05) is 12.1 Å². The Morgan fingerprint density at radius 1 is 1.50 bits per heavy atom. The fourth-order valence-corrected chi connectivity index (χ4v) is 2.94. The van der Waals surface area contributed by atoms with Crippen LogP contribution in [0, 0.1) is 0 Å². The van der Waals surface area contributed by atoms with Crippen LogP contribution >= 0.6 is 27.3 Å². The Hall–Kier alpha value is -0.610. The molecule has 2 rings (SSSR count). The molecule has 0 amide bonds. The van der Waals surface area contributed by atoms with Gasteiger partial charge in [0.25, 0.3) is 0 Å². The van der Waals surface area contributed by atoms with Crippen molar-refractivity contribution in [2.24, 2.45) is 0 Å². The lowest BCUT2D eigenvalue weighted by Gasteiger charge is -1.97. The van der Waals surface area contributed by atoms with Gasteiger partial charge in [-0.3, -0.25) is 0 Å². The Morgan fingerprint density at radius 2 is 2.36 bits per heavy atom. The second-order valence-electron chi connectivity index (χ2n) is 2.85. The van der Waals surface area contributed by atoms with Crippen LogP contribution in [0.5, 0.6) is 5.75 Å². The second kappa shape index (κ2) is 4.28. The number of nitrogens with zero attached hydrogens (tertiary/aromatic N) is 1. The number of para-hydroxylation sites is 1. The van der Waals surface area contributed by atoms with Gasteiger partial charge >= 0.3 is 0 Å². The topological polar surface area (TPSA) is 22.1 Å². The molecule has 0 radical (unpaired) electrons. The summed E-state index contributed by atoms with van der Waals surface area (Å²) in [6.07, 6.45) is 0.975. The van der Waals surface area contributed by atoms with Crippen LogP contribution in [0.25, 0.3) is 10.2 Å². The van der Waals surface area contributed by atoms with Crippen LogP contribution in [0.3, 0.4) is 0 Å². The monoisotopic (exact) mass is 271 g/mol. The number of fused-ring (bicyclic) bond motifs is 1. The molecule has 0 unspecified atom stereocenters. The Balaban J connectivity index is 2.52. The average molecular weight is 272 g/mol. The van der Waals surface area contributed by atoms with Crippen molar-refractivity contribution < 1.29 is 4.74 Å². The molecule has 4 heteroatoms. The highest BCUT2D eigenvalue weighted by molar-refractivity contribution is 9.09. The molecule has 1 aromatic heterocycles. The number of benzene rings is 1.